The van der Waals surface area contributed by atoms with Crippen LogP contribution in [0.15, 0.2) is 0 Å². The topological polar surface area (TPSA) is 35.2 Å². The van der Waals surface area contributed by atoms with Crippen molar-refractivity contribution in [3.8, 4) is 0 Å². The summed E-state index contributed by atoms with van der Waals surface area (Å²) in [4.78, 5) is 0. The van der Waals surface area contributed by atoms with Gasteiger partial charge in [0.1, 0.15) is 0 Å². The van der Waals surface area contributed by atoms with Crippen LogP contribution in [0.2, 0.25) is 0 Å². The number of ether oxygens (including phenoxy) is 1. The van der Waals surface area contributed by atoms with Gasteiger partial charge in [-0.15, -0.1) is 0 Å². The Bertz CT molecular complexity index is 123. The van der Waals surface area contributed by atoms with E-state index < -0.39 is 0 Å². The molecule has 0 aliphatic carbocycles. The van der Waals surface area contributed by atoms with Crippen molar-refractivity contribution in [3.63, 3.8) is 0 Å². The second-order valence-corrected chi connectivity index (χ2v) is 4.45. The maximum absolute atomic E-state index is 5.76. The Labute approximate surface area is 82.8 Å². The molecule has 0 aromatic carbocycles. The second kappa shape index (κ2) is 6.39. The van der Waals surface area contributed by atoms with E-state index >= 15 is 0 Å². The predicted molar refractivity (Wildman–Crippen MR) is 57.8 cm³/mol. The molecule has 13 heavy (non-hydrogen) atoms. The van der Waals surface area contributed by atoms with Crippen LogP contribution in [0.4, 0.5) is 0 Å². The quantitative estimate of drug-likeness (QED) is 0.665. The molecule has 0 spiro atoms. The van der Waals surface area contributed by atoms with Crippen LogP contribution >= 0.6 is 0 Å². The Morgan fingerprint density at radius 2 is 2.00 bits per heavy atom. The van der Waals surface area contributed by atoms with Gasteiger partial charge in [-0.25, -0.2) is 0 Å². The van der Waals surface area contributed by atoms with Crippen LogP contribution in [0.3, 0.4) is 0 Å². The second-order valence-electron chi connectivity index (χ2n) is 4.45. The summed E-state index contributed by atoms with van der Waals surface area (Å²) in [5.74, 6) is 0.772. The number of nitrogens with two attached hydrogens (primary N) is 1. The van der Waals surface area contributed by atoms with E-state index in [0.717, 1.165) is 25.4 Å². The van der Waals surface area contributed by atoms with Crippen LogP contribution in [0.5, 0.6) is 0 Å². The lowest BCUT2D eigenvalue weighted by molar-refractivity contribution is -0.0266. The summed E-state index contributed by atoms with van der Waals surface area (Å²) >= 11 is 0. The number of hydrogen-bond donors (Lipinski definition) is 1. The molecule has 0 aromatic heterocycles. The Morgan fingerprint density at radius 3 is 2.46 bits per heavy atom. The fourth-order valence-corrected chi connectivity index (χ4v) is 1.16. The van der Waals surface area contributed by atoms with E-state index in [1.54, 1.807) is 0 Å². The molecular formula is C11H25NO. The summed E-state index contributed by atoms with van der Waals surface area (Å²) in [6.07, 6.45) is 3.33. The fourth-order valence-electron chi connectivity index (χ4n) is 1.16. The highest BCUT2D eigenvalue weighted by atomic mass is 16.5. The van der Waals surface area contributed by atoms with Crippen LogP contribution < -0.4 is 5.73 Å². The average Bonchev–Trinajstić information content (AvgIpc) is 2.03. The van der Waals surface area contributed by atoms with E-state index in [-0.39, 0.29) is 5.60 Å². The normalized spacial score (nSPS) is 14.5. The molecule has 2 N–H and O–H groups in total. The first-order valence-corrected chi connectivity index (χ1v) is 5.36. The summed E-state index contributed by atoms with van der Waals surface area (Å²) in [6, 6.07) is 0. The zero-order chi connectivity index (χ0) is 10.3. The lowest BCUT2D eigenvalue weighted by Crippen LogP contribution is -2.28. The van der Waals surface area contributed by atoms with E-state index in [0.29, 0.717) is 6.54 Å². The van der Waals surface area contributed by atoms with Crippen LogP contribution in [0, 0.1) is 5.92 Å². The van der Waals surface area contributed by atoms with Gasteiger partial charge in [0.2, 0.25) is 0 Å². The molecule has 80 valence electrons. The molecule has 0 rings (SSSR count). The maximum Gasteiger partial charge on any atom is 0.0638 e. The van der Waals surface area contributed by atoms with Crippen molar-refractivity contribution in [2.24, 2.45) is 11.7 Å². The van der Waals surface area contributed by atoms with Crippen molar-refractivity contribution in [1.82, 2.24) is 0 Å². The van der Waals surface area contributed by atoms with Gasteiger partial charge in [0, 0.05) is 6.61 Å². The van der Waals surface area contributed by atoms with E-state index in [1.807, 2.05) is 0 Å². The minimum Gasteiger partial charge on any atom is -0.376 e. The lowest BCUT2D eigenvalue weighted by atomic mass is 10.0. The Kier molecular flexibility index (Phi) is 6.35. The van der Waals surface area contributed by atoms with E-state index in [9.17, 15) is 0 Å². The van der Waals surface area contributed by atoms with Gasteiger partial charge in [-0.3, -0.25) is 0 Å². The Balaban J connectivity index is 3.50. The fraction of sp³-hybridized carbons (Fsp3) is 1.00. The molecule has 2 nitrogen and oxygen atoms in total. The Hall–Kier alpha value is -0.0800. The van der Waals surface area contributed by atoms with Crippen molar-refractivity contribution in [3.05, 3.63) is 0 Å². The molecule has 1 atom stereocenters. The minimum atomic E-state index is -0.0395. The highest BCUT2D eigenvalue weighted by Gasteiger charge is 2.16. The first-order chi connectivity index (χ1) is 6.02. The smallest absolute Gasteiger partial charge is 0.0638 e. The zero-order valence-corrected chi connectivity index (χ0v) is 9.60. The van der Waals surface area contributed by atoms with Crippen LogP contribution in [0.25, 0.3) is 0 Å². The van der Waals surface area contributed by atoms with Crippen molar-refractivity contribution in [2.75, 3.05) is 13.2 Å². The summed E-state index contributed by atoms with van der Waals surface area (Å²) in [5, 5.41) is 0. The molecule has 0 saturated carbocycles. The zero-order valence-electron chi connectivity index (χ0n) is 9.60. The summed E-state index contributed by atoms with van der Waals surface area (Å²) < 4.78 is 5.76. The van der Waals surface area contributed by atoms with Gasteiger partial charge < -0.3 is 10.5 Å². The lowest BCUT2D eigenvalue weighted by Gasteiger charge is -2.25. The molecule has 0 aromatic rings. The molecule has 1 unspecified atom stereocenters. The molecule has 0 aliphatic rings. The summed E-state index contributed by atoms with van der Waals surface area (Å²) in [5.41, 5.74) is 5.45. The molecule has 0 bridgehead atoms. The van der Waals surface area contributed by atoms with Crippen LogP contribution in [-0.2, 0) is 4.74 Å². The summed E-state index contributed by atoms with van der Waals surface area (Å²) in [6.45, 7) is 10.3. The van der Waals surface area contributed by atoms with E-state index in [4.69, 9.17) is 10.5 Å². The van der Waals surface area contributed by atoms with Crippen molar-refractivity contribution >= 4 is 0 Å². The SMILES string of the molecule is CCC(C)CCOC(C)(C)CCN. The highest BCUT2D eigenvalue weighted by molar-refractivity contribution is 4.68. The van der Waals surface area contributed by atoms with E-state index in [2.05, 4.69) is 27.7 Å². The number of rotatable bonds is 7. The molecule has 0 fully saturated rings. The average molecular weight is 187 g/mol. The van der Waals surface area contributed by atoms with Crippen molar-refractivity contribution in [2.45, 2.75) is 52.6 Å². The maximum atomic E-state index is 5.76. The van der Waals surface area contributed by atoms with Gasteiger partial charge in [-0.1, -0.05) is 20.3 Å². The molecule has 2 heteroatoms. The number of hydrogen-bond acceptors (Lipinski definition) is 2. The van der Waals surface area contributed by atoms with Gasteiger partial charge in [0.05, 0.1) is 5.60 Å². The van der Waals surface area contributed by atoms with Crippen LogP contribution in [-0.4, -0.2) is 18.8 Å². The molecule has 0 aliphatic heterocycles. The van der Waals surface area contributed by atoms with Gasteiger partial charge in [-0.05, 0) is 39.2 Å². The third-order valence-corrected chi connectivity index (χ3v) is 2.55. The first-order valence-electron chi connectivity index (χ1n) is 5.36. The van der Waals surface area contributed by atoms with Gasteiger partial charge >= 0.3 is 0 Å². The first kappa shape index (κ1) is 12.9. The van der Waals surface area contributed by atoms with Gasteiger partial charge in [0.25, 0.3) is 0 Å². The standard InChI is InChI=1S/C11H25NO/c1-5-10(2)6-9-13-11(3,4)7-8-12/h10H,5-9,12H2,1-4H3. The predicted octanol–water partition coefficient (Wildman–Crippen LogP) is 2.57. The minimum absolute atomic E-state index is 0.0395. The molecule has 0 heterocycles. The summed E-state index contributed by atoms with van der Waals surface area (Å²) in [7, 11) is 0. The van der Waals surface area contributed by atoms with Gasteiger partial charge in [0.15, 0.2) is 0 Å². The largest absolute Gasteiger partial charge is 0.376 e. The van der Waals surface area contributed by atoms with Crippen LogP contribution in [0.1, 0.15) is 47.0 Å². The monoisotopic (exact) mass is 187 g/mol. The molecule has 0 saturated heterocycles. The molecular weight excluding hydrogens is 162 g/mol. The molecule has 0 radical (unpaired) electrons. The third kappa shape index (κ3) is 7.03. The highest BCUT2D eigenvalue weighted by Crippen LogP contribution is 2.15. The Morgan fingerprint density at radius 1 is 1.38 bits per heavy atom. The van der Waals surface area contributed by atoms with Crippen molar-refractivity contribution in [1.29, 1.82) is 0 Å². The third-order valence-electron chi connectivity index (χ3n) is 2.55. The van der Waals surface area contributed by atoms with Gasteiger partial charge in [-0.2, -0.15) is 0 Å². The molecule has 0 amide bonds. The van der Waals surface area contributed by atoms with Crippen molar-refractivity contribution < 1.29 is 4.74 Å². The van der Waals surface area contributed by atoms with E-state index in [1.165, 1.54) is 6.42 Å².